The van der Waals surface area contributed by atoms with Gasteiger partial charge in [-0.05, 0) is 36.7 Å². The molecule has 0 spiro atoms. The Hall–Kier alpha value is -2.57. The summed E-state index contributed by atoms with van der Waals surface area (Å²) >= 11 is 6.01. The molecule has 0 aliphatic carbocycles. The van der Waals surface area contributed by atoms with Crippen LogP contribution in [0, 0.1) is 0 Å². The molecule has 26 heavy (non-hydrogen) atoms. The van der Waals surface area contributed by atoms with Gasteiger partial charge in [0, 0.05) is 5.69 Å². The molecule has 138 valence electrons. The number of carboxylic acids is 1. The van der Waals surface area contributed by atoms with E-state index < -0.39 is 17.9 Å². The first kappa shape index (κ1) is 19.8. The molecule has 1 atom stereocenters. The van der Waals surface area contributed by atoms with Crippen molar-refractivity contribution < 1.29 is 19.4 Å². The van der Waals surface area contributed by atoms with Crippen LogP contribution in [-0.4, -0.2) is 36.7 Å². The normalized spacial score (nSPS) is 11.6. The molecule has 6 nitrogen and oxygen atoms in total. The van der Waals surface area contributed by atoms with E-state index >= 15 is 0 Å². The quantitative estimate of drug-likeness (QED) is 0.626. The Morgan fingerprint density at radius 3 is 2.54 bits per heavy atom. The van der Waals surface area contributed by atoms with Gasteiger partial charge in [-0.2, -0.15) is 0 Å². The van der Waals surface area contributed by atoms with Crippen LogP contribution in [0.4, 0.5) is 5.69 Å². The van der Waals surface area contributed by atoms with Gasteiger partial charge in [0.25, 0.3) is 0 Å². The van der Waals surface area contributed by atoms with Crippen molar-refractivity contribution in [3.63, 3.8) is 0 Å². The van der Waals surface area contributed by atoms with Gasteiger partial charge in [-0.1, -0.05) is 41.9 Å². The second kappa shape index (κ2) is 9.79. The van der Waals surface area contributed by atoms with Crippen molar-refractivity contribution in [3.8, 4) is 5.75 Å². The fourth-order valence-electron chi connectivity index (χ4n) is 2.42. The highest BCUT2D eigenvalue weighted by atomic mass is 35.5. The first-order valence-corrected chi connectivity index (χ1v) is 8.51. The number of carbonyl (C=O) groups excluding carboxylic acids is 1. The number of methoxy groups -OCH3 is 1. The monoisotopic (exact) mass is 376 g/mol. The fraction of sp³-hybridized carbons (Fsp3) is 0.263. The minimum Gasteiger partial charge on any atom is -0.495 e. The standard InChI is InChI=1S/C19H21ClN2O4/c1-26-17-8-7-14(11-15(17)20)22-18(23)12-16(19(24)25)21-10-9-13-5-3-2-4-6-13/h2-8,11,16,21H,9-10,12H2,1H3,(H,22,23)(H,24,25). The minimum atomic E-state index is -1.07. The van der Waals surface area contributed by atoms with Crippen molar-refractivity contribution in [2.75, 3.05) is 19.0 Å². The van der Waals surface area contributed by atoms with Gasteiger partial charge in [-0.15, -0.1) is 0 Å². The van der Waals surface area contributed by atoms with Gasteiger partial charge in [0.1, 0.15) is 11.8 Å². The number of carboxylic acid groups (broad SMARTS) is 1. The summed E-state index contributed by atoms with van der Waals surface area (Å²) in [5, 5.41) is 15.2. The van der Waals surface area contributed by atoms with Crippen LogP contribution in [-0.2, 0) is 16.0 Å². The zero-order valence-corrected chi connectivity index (χ0v) is 15.1. The molecular formula is C19H21ClN2O4. The van der Waals surface area contributed by atoms with E-state index in [0.29, 0.717) is 29.4 Å². The number of ether oxygens (including phenoxy) is 1. The lowest BCUT2D eigenvalue weighted by atomic mass is 10.1. The maximum absolute atomic E-state index is 12.1. The maximum Gasteiger partial charge on any atom is 0.321 e. The first-order valence-electron chi connectivity index (χ1n) is 8.13. The molecule has 0 aromatic heterocycles. The number of carbonyl (C=O) groups is 2. The largest absolute Gasteiger partial charge is 0.495 e. The second-order valence-electron chi connectivity index (χ2n) is 5.68. The van der Waals surface area contributed by atoms with E-state index in [1.165, 1.54) is 7.11 Å². The average molecular weight is 377 g/mol. The molecule has 0 radical (unpaired) electrons. The number of aliphatic carboxylic acids is 1. The van der Waals surface area contributed by atoms with E-state index in [4.69, 9.17) is 16.3 Å². The minimum absolute atomic E-state index is 0.187. The van der Waals surface area contributed by atoms with Gasteiger partial charge in [0.15, 0.2) is 0 Å². The molecular weight excluding hydrogens is 356 g/mol. The van der Waals surface area contributed by atoms with Crippen LogP contribution >= 0.6 is 11.6 Å². The third-order valence-electron chi connectivity index (χ3n) is 3.77. The highest BCUT2D eigenvalue weighted by molar-refractivity contribution is 6.32. The number of rotatable bonds is 9. The first-order chi connectivity index (χ1) is 12.5. The molecule has 3 N–H and O–H groups in total. The third-order valence-corrected chi connectivity index (χ3v) is 4.07. The van der Waals surface area contributed by atoms with Gasteiger partial charge in [0.05, 0.1) is 18.6 Å². The summed E-state index contributed by atoms with van der Waals surface area (Å²) in [5.74, 6) is -0.984. The van der Waals surface area contributed by atoms with E-state index in [1.54, 1.807) is 18.2 Å². The predicted octanol–water partition coefficient (Wildman–Crippen LogP) is 2.96. The zero-order chi connectivity index (χ0) is 18.9. The summed E-state index contributed by atoms with van der Waals surface area (Å²) < 4.78 is 5.05. The van der Waals surface area contributed by atoms with Gasteiger partial charge < -0.3 is 20.5 Å². The molecule has 0 heterocycles. The average Bonchev–Trinajstić information content (AvgIpc) is 2.62. The fourth-order valence-corrected chi connectivity index (χ4v) is 2.68. The van der Waals surface area contributed by atoms with Gasteiger partial charge in [0.2, 0.25) is 5.91 Å². The van der Waals surface area contributed by atoms with Crippen molar-refractivity contribution in [1.29, 1.82) is 0 Å². The number of hydrogen-bond donors (Lipinski definition) is 3. The predicted molar refractivity (Wildman–Crippen MR) is 101 cm³/mol. The summed E-state index contributed by atoms with van der Waals surface area (Å²) in [6.45, 7) is 0.461. The Morgan fingerprint density at radius 1 is 1.19 bits per heavy atom. The Bertz CT molecular complexity index is 752. The van der Waals surface area contributed by atoms with Crippen LogP contribution < -0.4 is 15.4 Å². The lowest BCUT2D eigenvalue weighted by Gasteiger charge is -2.15. The van der Waals surface area contributed by atoms with Gasteiger partial charge >= 0.3 is 5.97 Å². The lowest BCUT2D eigenvalue weighted by molar-refractivity contribution is -0.141. The van der Waals surface area contributed by atoms with Crippen molar-refractivity contribution in [3.05, 3.63) is 59.1 Å². The SMILES string of the molecule is COc1ccc(NC(=O)CC(NCCc2ccccc2)C(=O)O)cc1Cl. The van der Waals surface area contributed by atoms with Crippen LogP contribution in [0.25, 0.3) is 0 Å². The van der Waals surface area contributed by atoms with Gasteiger partial charge in [-0.25, -0.2) is 0 Å². The Kier molecular flexibility index (Phi) is 7.44. The van der Waals surface area contributed by atoms with E-state index in [2.05, 4.69) is 10.6 Å². The molecule has 0 bridgehead atoms. The molecule has 0 aliphatic heterocycles. The molecule has 2 aromatic carbocycles. The van der Waals surface area contributed by atoms with E-state index in [-0.39, 0.29) is 6.42 Å². The molecule has 0 aliphatic rings. The Morgan fingerprint density at radius 2 is 1.92 bits per heavy atom. The van der Waals surface area contributed by atoms with Crippen molar-refractivity contribution >= 4 is 29.2 Å². The molecule has 0 saturated carbocycles. The number of nitrogens with one attached hydrogen (secondary N) is 2. The van der Waals surface area contributed by atoms with E-state index in [0.717, 1.165) is 5.56 Å². The van der Waals surface area contributed by atoms with Crippen molar-refractivity contribution in [1.82, 2.24) is 5.32 Å². The maximum atomic E-state index is 12.1. The second-order valence-corrected chi connectivity index (χ2v) is 6.09. The van der Waals surface area contributed by atoms with Crippen LogP contribution in [0.3, 0.4) is 0 Å². The molecule has 0 saturated heterocycles. The third kappa shape index (κ3) is 6.06. The smallest absolute Gasteiger partial charge is 0.321 e. The molecule has 2 rings (SSSR count). The van der Waals surface area contributed by atoms with Gasteiger partial charge in [-0.3, -0.25) is 9.59 Å². The van der Waals surface area contributed by atoms with Crippen LogP contribution in [0.2, 0.25) is 5.02 Å². The zero-order valence-electron chi connectivity index (χ0n) is 14.4. The highest BCUT2D eigenvalue weighted by Gasteiger charge is 2.20. The Labute approximate surface area is 157 Å². The number of halogens is 1. The van der Waals surface area contributed by atoms with Crippen LogP contribution in [0.1, 0.15) is 12.0 Å². The summed E-state index contributed by atoms with van der Waals surface area (Å²) in [6, 6.07) is 13.6. The van der Waals surface area contributed by atoms with E-state index in [1.807, 2.05) is 30.3 Å². The van der Waals surface area contributed by atoms with Crippen LogP contribution in [0.15, 0.2) is 48.5 Å². The van der Waals surface area contributed by atoms with Crippen LogP contribution in [0.5, 0.6) is 5.75 Å². The number of benzene rings is 2. The summed E-state index contributed by atoms with van der Waals surface area (Å²) in [4.78, 5) is 23.5. The lowest BCUT2D eigenvalue weighted by Crippen LogP contribution is -2.40. The summed E-state index contributed by atoms with van der Waals surface area (Å²) in [5.41, 5.74) is 1.58. The number of anilines is 1. The summed E-state index contributed by atoms with van der Waals surface area (Å²) in [7, 11) is 1.50. The van der Waals surface area contributed by atoms with Crippen molar-refractivity contribution in [2.45, 2.75) is 18.9 Å². The highest BCUT2D eigenvalue weighted by Crippen LogP contribution is 2.27. The topological polar surface area (TPSA) is 87.7 Å². The van der Waals surface area contributed by atoms with Crippen molar-refractivity contribution in [2.24, 2.45) is 0 Å². The number of hydrogen-bond acceptors (Lipinski definition) is 4. The van der Waals surface area contributed by atoms with E-state index in [9.17, 15) is 14.7 Å². The number of amides is 1. The Balaban J connectivity index is 1.87. The molecule has 0 fully saturated rings. The molecule has 1 amide bonds. The molecule has 1 unspecified atom stereocenters. The molecule has 2 aromatic rings. The molecule has 7 heteroatoms. The summed E-state index contributed by atoms with van der Waals surface area (Å²) in [6.07, 6.45) is 0.494.